The number of aliphatic hydroxyl groups is 1. The molecule has 0 aromatic heterocycles. The second-order valence-electron chi connectivity index (χ2n) is 5.24. The van der Waals surface area contributed by atoms with Crippen molar-refractivity contribution in [3.8, 4) is 0 Å². The van der Waals surface area contributed by atoms with E-state index >= 15 is 0 Å². The molecule has 2 heteroatoms. The fraction of sp³-hybridized carbons (Fsp3) is 0.625. The van der Waals surface area contributed by atoms with E-state index in [1.165, 1.54) is 31.4 Å². The number of nitrogens with zero attached hydrogens (tertiary/aromatic N) is 1. The smallest absolute Gasteiger partial charge is 0.0787 e. The van der Waals surface area contributed by atoms with Gasteiger partial charge < -0.3 is 10.0 Å². The predicted molar refractivity (Wildman–Crippen MR) is 77.0 cm³/mol. The average Bonchev–Trinajstić information content (AvgIpc) is 2.93. The number of aliphatic hydroxyl groups excluding tert-OH is 1. The maximum atomic E-state index is 9.81. The topological polar surface area (TPSA) is 23.5 Å². The van der Waals surface area contributed by atoms with Gasteiger partial charge in [0.25, 0.3) is 0 Å². The number of hydrogen-bond donors (Lipinski definition) is 1. The average molecular weight is 247 g/mol. The van der Waals surface area contributed by atoms with Crippen molar-refractivity contribution in [2.75, 3.05) is 11.4 Å². The first-order chi connectivity index (χ1) is 8.76. The molecular weight excluding hydrogens is 222 g/mol. The van der Waals surface area contributed by atoms with Gasteiger partial charge in [-0.2, -0.15) is 0 Å². The van der Waals surface area contributed by atoms with Crippen molar-refractivity contribution in [3.05, 3.63) is 29.8 Å². The molecule has 1 N–H and O–H groups in total. The minimum Gasteiger partial charge on any atom is -0.388 e. The molecule has 0 heterocycles. The fourth-order valence-electron chi connectivity index (χ4n) is 2.99. The quantitative estimate of drug-likeness (QED) is 0.853. The van der Waals surface area contributed by atoms with Crippen LogP contribution in [0.5, 0.6) is 0 Å². The van der Waals surface area contributed by atoms with Gasteiger partial charge in [-0.3, -0.25) is 0 Å². The summed E-state index contributed by atoms with van der Waals surface area (Å²) in [6.45, 7) is 5.31. The van der Waals surface area contributed by atoms with Crippen molar-refractivity contribution in [2.45, 2.75) is 58.1 Å². The molecule has 0 spiro atoms. The van der Waals surface area contributed by atoms with E-state index in [0.717, 1.165) is 24.6 Å². The summed E-state index contributed by atoms with van der Waals surface area (Å²) >= 11 is 0. The third kappa shape index (κ3) is 2.86. The lowest BCUT2D eigenvalue weighted by Crippen LogP contribution is -2.32. The molecule has 1 atom stereocenters. The van der Waals surface area contributed by atoms with Gasteiger partial charge in [-0.1, -0.05) is 31.9 Å². The van der Waals surface area contributed by atoms with E-state index < -0.39 is 0 Å². The van der Waals surface area contributed by atoms with Gasteiger partial charge >= 0.3 is 0 Å². The maximum Gasteiger partial charge on any atom is 0.0787 e. The summed E-state index contributed by atoms with van der Waals surface area (Å²) in [5.41, 5.74) is 2.33. The number of anilines is 1. The highest BCUT2D eigenvalue weighted by atomic mass is 16.3. The Morgan fingerprint density at radius 3 is 2.28 bits per heavy atom. The van der Waals surface area contributed by atoms with Crippen LogP contribution in [-0.4, -0.2) is 17.7 Å². The normalized spacial score (nSPS) is 17.9. The zero-order valence-corrected chi connectivity index (χ0v) is 11.6. The molecule has 0 saturated heterocycles. The summed E-state index contributed by atoms with van der Waals surface area (Å²) in [7, 11) is 0. The Labute approximate surface area is 111 Å². The van der Waals surface area contributed by atoms with E-state index in [0.29, 0.717) is 0 Å². The molecule has 0 bridgehead atoms. The van der Waals surface area contributed by atoms with Crippen LogP contribution in [0.15, 0.2) is 24.3 Å². The molecule has 18 heavy (non-hydrogen) atoms. The standard InChI is InChI=1S/C16H25NO/c1-3-16(18)13-9-11-15(12-10-13)17(4-2)14-7-5-6-8-14/h9-12,14,16,18H,3-8H2,1-2H3/t16-/m1/s1. The fourth-order valence-corrected chi connectivity index (χ4v) is 2.99. The first kappa shape index (κ1) is 13.4. The van der Waals surface area contributed by atoms with Gasteiger partial charge in [-0.25, -0.2) is 0 Å². The highest BCUT2D eigenvalue weighted by Gasteiger charge is 2.21. The van der Waals surface area contributed by atoms with E-state index in [4.69, 9.17) is 0 Å². The maximum absolute atomic E-state index is 9.81. The molecule has 0 aliphatic heterocycles. The number of benzene rings is 1. The highest BCUT2D eigenvalue weighted by molar-refractivity contribution is 5.49. The molecule has 0 amide bonds. The molecule has 2 rings (SSSR count). The second kappa shape index (κ2) is 6.24. The Hall–Kier alpha value is -1.02. The van der Waals surface area contributed by atoms with Crippen LogP contribution in [0.25, 0.3) is 0 Å². The zero-order chi connectivity index (χ0) is 13.0. The van der Waals surface area contributed by atoms with Crippen LogP contribution in [0, 0.1) is 0 Å². The summed E-state index contributed by atoms with van der Waals surface area (Å²) in [4.78, 5) is 2.51. The van der Waals surface area contributed by atoms with Crippen molar-refractivity contribution in [1.29, 1.82) is 0 Å². The van der Waals surface area contributed by atoms with Gasteiger partial charge in [-0.05, 0) is 43.9 Å². The number of hydrogen-bond acceptors (Lipinski definition) is 2. The Balaban J connectivity index is 2.11. The Bertz CT molecular complexity index is 354. The first-order valence-electron chi connectivity index (χ1n) is 7.31. The van der Waals surface area contributed by atoms with Gasteiger partial charge in [0.2, 0.25) is 0 Å². The minimum atomic E-state index is -0.319. The Morgan fingerprint density at radius 1 is 1.17 bits per heavy atom. The van der Waals surface area contributed by atoms with E-state index in [-0.39, 0.29) is 6.10 Å². The van der Waals surface area contributed by atoms with E-state index in [9.17, 15) is 5.11 Å². The van der Waals surface area contributed by atoms with Gasteiger partial charge in [0, 0.05) is 18.3 Å². The Kier molecular flexibility index (Phi) is 4.65. The summed E-state index contributed by atoms with van der Waals surface area (Å²) in [6, 6.07) is 9.19. The van der Waals surface area contributed by atoms with Crippen molar-refractivity contribution < 1.29 is 5.11 Å². The second-order valence-corrected chi connectivity index (χ2v) is 5.24. The van der Waals surface area contributed by atoms with E-state index in [1.807, 2.05) is 6.92 Å². The molecule has 1 fully saturated rings. The summed E-state index contributed by atoms with van der Waals surface area (Å²) < 4.78 is 0. The first-order valence-corrected chi connectivity index (χ1v) is 7.31. The SMILES string of the molecule is CC[C@@H](O)c1ccc(N(CC)C2CCCC2)cc1. The van der Waals surface area contributed by atoms with Crippen molar-refractivity contribution in [1.82, 2.24) is 0 Å². The van der Waals surface area contributed by atoms with Gasteiger partial charge in [0.15, 0.2) is 0 Å². The van der Waals surface area contributed by atoms with Gasteiger partial charge in [0.05, 0.1) is 6.10 Å². The van der Waals surface area contributed by atoms with Crippen LogP contribution >= 0.6 is 0 Å². The molecule has 100 valence electrons. The predicted octanol–water partition coefficient (Wildman–Crippen LogP) is 3.90. The lowest BCUT2D eigenvalue weighted by Gasteiger charge is -2.30. The molecular formula is C16H25NO. The largest absolute Gasteiger partial charge is 0.388 e. The Morgan fingerprint density at radius 2 is 1.78 bits per heavy atom. The molecule has 1 aromatic rings. The summed E-state index contributed by atoms with van der Waals surface area (Å²) in [5.74, 6) is 0. The molecule has 1 saturated carbocycles. The van der Waals surface area contributed by atoms with Crippen LogP contribution in [0.4, 0.5) is 5.69 Å². The van der Waals surface area contributed by atoms with Crippen LogP contribution in [-0.2, 0) is 0 Å². The third-order valence-electron chi connectivity index (χ3n) is 4.10. The molecule has 1 aliphatic rings. The number of rotatable bonds is 5. The molecule has 2 nitrogen and oxygen atoms in total. The lowest BCUT2D eigenvalue weighted by atomic mass is 10.1. The highest BCUT2D eigenvalue weighted by Crippen LogP contribution is 2.29. The molecule has 0 unspecified atom stereocenters. The van der Waals surface area contributed by atoms with Gasteiger partial charge in [-0.15, -0.1) is 0 Å². The van der Waals surface area contributed by atoms with Crippen molar-refractivity contribution >= 4 is 5.69 Å². The summed E-state index contributed by atoms with van der Waals surface area (Å²) in [5, 5.41) is 9.81. The lowest BCUT2D eigenvalue weighted by molar-refractivity contribution is 0.173. The zero-order valence-electron chi connectivity index (χ0n) is 11.6. The molecule has 1 aliphatic carbocycles. The van der Waals surface area contributed by atoms with Crippen LogP contribution < -0.4 is 4.90 Å². The monoisotopic (exact) mass is 247 g/mol. The van der Waals surface area contributed by atoms with E-state index in [1.54, 1.807) is 0 Å². The van der Waals surface area contributed by atoms with Crippen LogP contribution in [0.2, 0.25) is 0 Å². The van der Waals surface area contributed by atoms with Crippen molar-refractivity contribution in [3.63, 3.8) is 0 Å². The molecule has 1 aromatic carbocycles. The van der Waals surface area contributed by atoms with Gasteiger partial charge in [0.1, 0.15) is 0 Å². The minimum absolute atomic E-state index is 0.319. The van der Waals surface area contributed by atoms with Crippen LogP contribution in [0.3, 0.4) is 0 Å². The molecule has 0 radical (unpaired) electrons. The van der Waals surface area contributed by atoms with Crippen molar-refractivity contribution in [2.24, 2.45) is 0 Å². The summed E-state index contributed by atoms with van der Waals surface area (Å²) in [6.07, 6.45) is 5.85. The van der Waals surface area contributed by atoms with Crippen LogP contribution in [0.1, 0.15) is 57.6 Å². The van der Waals surface area contributed by atoms with E-state index in [2.05, 4.69) is 36.1 Å². The third-order valence-corrected chi connectivity index (χ3v) is 4.10.